The second-order valence-electron chi connectivity index (χ2n) is 10.3. The predicted octanol–water partition coefficient (Wildman–Crippen LogP) is 4.20. The second-order valence-corrected chi connectivity index (χ2v) is 10.3. The number of esters is 1. The number of fused-ring (bicyclic) bond motifs is 2. The first-order valence-electron chi connectivity index (χ1n) is 13.8. The third-order valence-electron chi connectivity index (χ3n) is 6.99. The number of carbonyl (C=O) groups excluding carboxylic acids is 3. The summed E-state index contributed by atoms with van der Waals surface area (Å²) in [4.78, 5) is 42.4. The van der Waals surface area contributed by atoms with E-state index >= 15 is 0 Å². The summed E-state index contributed by atoms with van der Waals surface area (Å²) in [5.74, 6) is 0.356. The minimum atomic E-state index is -0.459. The van der Waals surface area contributed by atoms with Crippen LogP contribution in [0.1, 0.15) is 38.8 Å². The van der Waals surface area contributed by atoms with Crippen molar-refractivity contribution in [1.29, 1.82) is 0 Å². The molecule has 0 spiro atoms. The first kappa shape index (κ1) is 28.7. The predicted molar refractivity (Wildman–Crippen MR) is 161 cm³/mol. The van der Waals surface area contributed by atoms with Crippen LogP contribution in [0.3, 0.4) is 0 Å². The van der Waals surface area contributed by atoms with Crippen LogP contribution < -0.4 is 20.1 Å². The van der Waals surface area contributed by atoms with E-state index in [2.05, 4.69) is 10.6 Å². The highest BCUT2D eigenvalue weighted by atomic mass is 16.6. The molecule has 3 aromatic rings. The van der Waals surface area contributed by atoms with Gasteiger partial charge in [-0.05, 0) is 75.6 Å². The lowest BCUT2D eigenvalue weighted by Crippen LogP contribution is -2.33. The number of carbonyl (C=O) groups is 3. The molecule has 0 fully saturated rings. The summed E-state index contributed by atoms with van der Waals surface area (Å²) in [6, 6.07) is 17.6. The molecule has 2 N–H and O–H groups in total. The number of hydrogen-bond donors (Lipinski definition) is 2. The maximum absolute atomic E-state index is 13.4. The molecule has 2 heterocycles. The summed E-state index contributed by atoms with van der Waals surface area (Å²) in [5.41, 5.74) is 4.39. The topological polar surface area (TPSA) is 109 Å². The van der Waals surface area contributed by atoms with Crippen LogP contribution in [0.5, 0.6) is 11.5 Å². The monoisotopic (exact) mass is 570 g/mol. The Morgan fingerprint density at radius 2 is 1.57 bits per heavy atom. The molecule has 10 heteroatoms. The van der Waals surface area contributed by atoms with E-state index in [1.165, 1.54) is 0 Å². The Balaban J connectivity index is 1.51. The van der Waals surface area contributed by atoms with E-state index in [0.717, 1.165) is 6.54 Å². The molecule has 0 bridgehead atoms. The molecule has 0 aliphatic carbocycles. The molecule has 42 heavy (non-hydrogen) atoms. The summed E-state index contributed by atoms with van der Waals surface area (Å²) in [7, 11) is 5.72. The fourth-order valence-electron chi connectivity index (χ4n) is 4.75. The van der Waals surface area contributed by atoms with E-state index in [9.17, 15) is 14.4 Å². The molecule has 0 atom stereocenters. The van der Waals surface area contributed by atoms with Crippen molar-refractivity contribution in [2.45, 2.75) is 6.92 Å². The van der Waals surface area contributed by atoms with Crippen molar-refractivity contribution >= 4 is 40.4 Å². The number of rotatable bonds is 9. The zero-order valence-electron chi connectivity index (χ0n) is 24.2. The molecule has 0 saturated carbocycles. The third kappa shape index (κ3) is 6.08. The molecule has 0 unspecified atom stereocenters. The van der Waals surface area contributed by atoms with Crippen LogP contribution in [-0.4, -0.2) is 81.6 Å². The highest BCUT2D eigenvalue weighted by Gasteiger charge is 2.30. The lowest BCUT2D eigenvalue weighted by atomic mass is 9.98. The average Bonchev–Trinajstić information content (AvgIpc) is 3.33. The molecule has 0 aromatic heterocycles. The van der Waals surface area contributed by atoms with Crippen LogP contribution in [-0.2, 0) is 9.53 Å². The molecule has 0 saturated heterocycles. The number of hydrogen-bond acceptors (Lipinski definition) is 8. The van der Waals surface area contributed by atoms with Crippen molar-refractivity contribution in [3.8, 4) is 11.5 Å². The van der Waals surface area contributed by atoms with Gasteiger partial charge in [-0.15, -0.1) is 0 Å². The fraction of sp³-hybridized carbons (Fsp3) is 0.281. The van der Waals surface area contributed by atoms with Crippen LogP contribution in [0, 0.1) is 0 Å². The van der Waals surface area contributed by atoms with Crippen molar-refractivity contribution in [2.75, 3.05) is 64.7 Å². The Kier molecular flexibility index (Phi) is 8.44. The summed E-state index contributed by atoms with van der Waals surface area (Å²) >= 11 is 0. The second kappa shape index (κ2) is 12.4. The van der Waals surface area contributed by atoms with Gasteiger partial charge in [0.25, 0.3) is 11.8 Å². The summed E-state index contributed by atoms with van der Waals surface area (Å²) in [6.07, 6.45) is 0. The van der Waals surface area contributed by atoms with Crippen molar-refractivity contribution in [3.05, 3.63) is 82.9 Å². The quantitative estimate of drug-likeness (QED) is 0.291. The van der Waals surface area contributed by atoms with E-state index in [-0.39, 0.29) is 18.4 Å². The van der Waals surface area contributed by atoms with E-state index in [1.54, 1.807) is 49.2 Å². The molecular weight excluding hydrogens is 536 g/mol. The van der Waals surface area contributed by atoms with Crippen LogP contribution in [0.25, 0.3) is 11.3 Å². The van der Waals surface area contributed by atoms with Gasteiger partial charge >= 0.3 is 5.97 Å². The van der Waals surface area contributed by atoms with Gasteiger partial charge in [0.2, 0.25) is 0 Å². The molecule has 0 radical (unpaired) electrons. The Morgan fingerprint density at radius 3 is 2.29 bits per heavy atom. The number of amides is 2. The van der Waals surface area contributed by atoms with Gasteiger partial charge in [-0.1, -0.05) is 6.07 Å². The van der Waals surface area contributed by atoms with Gasteiger partial charge in [0, 0.05) is 42.5 Å². The maximum atomic E-state index is 13.4. The van der Waals surface area contributed by atoms with Crippen molar-refractivity contribution in [2.24, 2.45) is 0 Å². The van der Waals surface area contributed by atoms with Crippen LogP contribution in [0.4, 0.5) is 11.4 Å². The van der Waals surface area contributed by atoms with E-state index < -0.39 is 5.97 Å². The summed E-state index contributed by atoms with van der Waals surface area (Å²) < 4.78 is 16.6. The molecular formula is C32H34N4O6. The normalized spacial score (nSPS) is 14.6. The molecule has 10 nitrogen and oxygen atoms in total. The molecule has 218 valence electrons. The largest absolute Gasteiger partial charge is 0.486 e. The van der Waals surface area contributed by atoms with Gasteiger partial charge in [-0.3, -0.25) is 9.59 Å². The lowest BCUT2D eigenvalue weighted by molar-refractivity contribution is -0.110. The number of ether oxygens (including phenoxy) is 3. The van der Waals surface area contributed by atoms with Crippen LogP contribution in [0.15, 0.2) is 60.7 Å². The van der Waals surface area contributed by atoms with Crippen molar-refractivity contribution < 1.29 is 28.6 Å². The molecule has 2 amide bonds. The zero-order valence-corrected chi connectivity index (χ0v) is 24.2. The number of anilines is 2. The first-order valence-corrected chi connectivity index (χ1v) is 13.8. The molecule has 2 aliphatic rings. The minimum absolute atomic E-state index is 0.0738. The highest BCUT2D eigenvalue weighted by Crippen LogP contribution is 2.40. The van der Waals surface area contributed by atoms with Crippen LogP contribution >= 0.6 is 0 Å². The van der Waals surface area contributed by atoms with Gasteiger partial charge < -0.3 is 34.6 Å². The van der Waals surface area contributed by atoms with Crippen molar-refractivity contribution in [1.82, 2.24) is 9.80 Å². The SMILES string of the molecule is CCOC(=O)c1ccc2c(c1)NC(=O)/C2=C(\Nc1ccc(C(=O)N(C)CCN(C)C)cc1)c1ccc2c(c1)OCCO2. The van der Waals surface area contributed by atoms with E-state index in [0.29, 0.717) is 76.2 Å². The molecule has 5 rings (SSSR count). The molecule has 3 aromatic carbocycles. The summed E-state index contributed by atoms with van der Waals surface area (Å²) in [6.45, 7) is 4.26. The highest BCUT2D eigenvalue weighted by molar-refractivity contribution is 6.37. The summed E-state index contributed by atoms with van der Waals surface area (Å²) in [5, 5.41) is 6.29. The lowest BCUT2D eigenvalue weighted by Gasteiger charge is -2.21. The van der Waals surface area contributed by atoms with E-state index in [4.69, 9.17) is 14.2 Å². The average molecular weight is 571 g/mol. The Bertz CT molecular complexity index is 1550. The smallest absolute Gasteiger partial charge is 0.338 e. The van der Waals surface area contributed by atoms with Crippen LogP contribution in [0.2, 0.25) is 0 Å². The van der Waals surface area contributed by atoms with Gasteiger partial charge in [-0.25, -0.2) is 4.79 Å². The van der Waals surface area contributed by atoms with Gasteiger partial charge in [0.05, 0.1) is 29.1 Å². The first-order chi connectivity index (χ1) is 20.2. The Hall–Kier alpha value is -4.83. The number of nitrogens with one attached hydrogen (secondary N) is 2. The Morgan fingerprint density at radius 1 is 0.881 bits per heavy atom. The number of nitrogens with zero attached hydrogens (tertiary/aromatic N) is 2. The number of benzene rings is 3. The zero-order chi connectivity index (χ0) is 29.8. The third-order valence-corrected chi connectivity index (χ3v) is 6.99. The molecule has 2 aliphatic heterocycles. The standard InChI is InChI=1S/C32H34N4O6/c1-5-40-32(39)22-8-12-24-25(18-22)34-30(37)28(24)29(21-9-13-26-27(19-21)42-17-16-41-26)33-23-10-6-20(7-11-23)31(38)36(4)15-14-35(2)3/h6-13,18-19,33H,5,14-17H2,1-4H3,(H,34,37)/b29-28-. The van der Waals surface area contributed by atoms with Gasteiger partial charge in [0.15, 0.2) is 11.5 Å². The van der Waals surface area contributed by atoms with Gasteiger partial charge in [-0.2, -0.15) is 0 Å². The fourth-order valence-corrected chi connectivity index (χ4v) is 4.75. The van der Waals surface area contributed by atoms with Gasteiger partial charge in [0.1, 0.15) is 13.2 Å². The maximum Gasteiger partial charge on any atom is 0.338 e. The number of likely N-dealkylation sites (N-methyl/N-ethyl adjacent to an activating group) is 2. The van der Waals surface area contributed by atoms with E-state index in [1.807, 2.05) is 49.3 Å². The minimum Gasteiger partial charge on any atom is -0.486 e. The van der Waals surface area contributed by atoms with Crippen molar-refractivity contribution in [3.63, 3.8) is 0 Å². The Labute approximate surface area is 244 Å².